The van der Waals surface area contributed by atoms with Crippen molar-refractivity contribution < 1.29 is 9.90 Å². The molecule has 8 nitrogen and oxygen atoms in total. The van der Waals surface area contributed by atoms with Crippen LogP contribution < -0.4 is 5.69 Å². The van der Waals surface area contributed by atoms with Crippen molar-refractivity contribution in [1.29, 1.82) is 0 Å². The molecule has 1 N–H and O–H groups in total. The van der Waals surface area contributed by atoms with Crippen LogP contribution in [0.5, 0.6) is 0 Å². The van der Waals surface area contributed by atoms with Crippen molar-refractivity contribution in [3.05, 3.63) is 52.3 Å². The number of imidazole rings is 1. The minimum Gasteiger partial charge on any atom is -0.465 e. The summed E-state index contributed by atoms with van der Waals surface area (Å²) in [6.45, 7) is 0.665. The molecule has 1 saturated heterocycles. The van der Waals surface area contributed by atoms with Crippen molar-refractivity contribution in [3.63, 3.8) is 0 Å². The number of rotatable bonds is 2. The predicted molar refractivity (Wildman–Crippen MR) is 91.4 cm³/mol. The zero-order valence-corrected chi connectivity index (χ0v) is 13.8. The Morgan fingerprint density at radius 1 is 1.28 bits per heavy atom. The molecular formula is C16H14ClN5O3. The van der Waals surface area contributed by atoms with E-state index in [0.717, 1.165) is 0 Å². The van der Waals surface area contributed by atoms with E-state index in [2.05, 4.69) is 9.97 Å². The highest BCUT2D eigenvalue weighted by Crippen LogP contribution is 2.25. The van der Waals surface area contributed by atoms with Crippen LogP contribution in [0.25, 0.3) is 16.9 Å². The second-order valence-electron chi connectivity index (χ2n) is 5.84. The number of fused-ring (bicyclic) bond motifs is 1. The molecule has 0 aliphatic carbocycles. The minimum atomic E-state index is -0.978. The van der Waals surface area contributed by atoms with Gasteiger partial charge in [0, 0.05) is 19.3 Å². The van der Waals surface area contributed by atoms with Gasteiger partial charge in [-0.1, -0.05) is 11.6 Å². The highest BCUT2D eigenvalue weighted by atomic mass is 35.5. The number of nitrogens with zero attached hydrogens (tertiary/aromatic N) is 5. The first-order valence-electron chi connectivity index (χ1n) is 7.74. The first-order valence-corrected chi connectivity index (χ1v) is 8.12. The van der Waals surface area contributed by atoms with E-state index in [1.807, 2.05) is 0 Å². The van der Waals surface area contributed by atoms with Crippen molar-refractivity contribution in [2.75, 3.05) is 13.1 Å². The third-order valence-corrected chi connectivity index (χ3v) is 4.63. The van der Waals surface area contributed by atoms with Gasteiger partial charge < -0.3 is 10.0 Å². The van der Waals surface area contributed by atoms with Gasteiger partial charge in [-0.05, 0) is 30.7 Å². The molecule has 9 heteroatoms. The van der Waals surface area contributed by atoms with E-state index in [0.29, 0.717) is 35.0 Å². The molecule has 1 atom stereocenters. The fourth-order valence-corrected chi connectivity index (χ4v) is 3.37. The van der Waals surface area contributed by atoms with Crippen molar-refractivity contribution in [3.8, 4) is 5.69 Å². The largest absolute Gasteiger partial charge is 0.465 e. The number of hydrogen-bond acceptors (Lipinski definition) is 4. The van der Waals surface area contributed by atoms with Gasteiger partial charge in [0.05, 0.1) is 23.4 Å². The van der Waals surface area contributed by atoms with E-state index in [1.165, 1.54) is 15.7 Å². The van der Waals surface area contributed by atoms with Gasteiger partial charge in [-0.25, -0.2) is 19.6 Å². The van der Waals surface area contributed by atoms with E-state index >= 15 is 0 Å². The number of likely N-dealkylation sites (tertiary alicyclic amines) is 1. The molecule has 1 amide bonds. The van der Waals surface area contributed by atoms with E-state index in [-0.39, 0.29) is 18.3 Å². The van der Waals surface area contributed by atoms with Crippen molar-refractivity contribution in [2.24, 2.45) is 0 Å². The van der Waals surface area contributed by atoms with E-state index < -0.39 is 6.09 Å². The molecular weight excluding hydrogens is 346 g/mol. The number of carboxylic acid groups (broad SMARTS) is 1. The third kappa shape index (κ3) is 2.54. The molecule has 1 aliphatic heterocycles. The molecule has 0 aromatic carbocycles. The van der Waals surface area contributed by atoms with Crippen LogP contribution in [0.4, 0.5) is 4.79 Å². The molecule has 0 unspecified atom stereocenters. The molecule has 0 saturated carbocycles. The van der Waals surface area contributed by atoms with Crippen LogP contribution in [0.15, 0.2) is 41.5 Å². The zero-order chi connectivity index (χ0) is 17.6. The average molecular weight is 360 g/mol. The number of aromatic nitrogens is 4. The normalized spacial score (nSPS) is 17.3. The Labute approximate surface area is 146 Å². The number of carbonyl (C=O) groups is 1. The molecule has 4 rings (SSSR count). The lowest BCUT2D eigenvalue weighted by molar-refractivity contribution is 0.154. The third-order valence-electron chi connectivity index (χ3n) is 4.40. The minimum absolute atomic E-state index is 0.248. The van der Waals surface area contributed by atoms with Gasteiger partial charge in [0.25, 0.3) is 0 Å². The standard InChI is InChI=1S/C16H14ClN5O3/c17-13-4-3-10(8-19-13)21-12-2-1-6-18-14(12)22(15(21)23)11-5-7-20(9-11)16(24)25/h1-4,6,8,11H,5,7,9H2,(H,24,25)/t11-/m1/s1. The van der Waals surface area contributed by atoms with Crippen LogP contribution >= 0.6 is 11.6 Å². The number of amides is 1. The molecule has 3 aromatic heterocycles. The van der Waals surface area contributed by atoms with Gasteiger partial charge in [-0.15, -0.1) is 0 Å². The topological polar surface area (TPSA) is 93.2 Å². The summed E-state index contributed by atoms with van der Waals surface area (Å²) in [7, 11) is 0. The first kappa shape index (κ1) is 15.6. The molecule has 0 bridgehead atoms. The van der Waals surface area contributed by atoms with Gasteiger partial charge in [-0.2, -0.15) is 0 Å². The Bertz CT molecular complexity index is 1010. The van der Waals surface area contributed by atoms with Crippen LogP contribution in [0, 0.1) is 0 Å². The van der Waals surface area contributed by atoms with Gasteiger partial charge in [-0.3, -0.25) is 9.13 Å². The van der Waals surface area contributed by atoms with E-state index in [4.69, 9.17) is 16.7 Å². The molecule has 3 aromatic rings. The summed E-state index contributed by atoms with van der Waals surface area (Å²) in [6.07, 6.45) is 2.74. The Hall–Kier alpha value is -2.87. The molecule has 1 fully saturated rings. The zero-order valence-electron chi connectivity index (χ0n) is 13.0. The van der Waals surface area contributed by atoms with Crippen LogP contribution in [-0.4, -0.2) is 48.3 Å². The first-order chi connectivity index (χ1) is 12.1. The van der Waals surface area contributed by atoms with E-state index in [1.54, 1.807) is 35.0 Å². The van der Waals surface area contributed by atoms with Crippen LogP contribution in [0.2, 0.25) is 5.15 Å². The van der Waals surface area contributed by atoms with Crippen LogP contribution in [0.3, 0.4) is 0 Å². The summed E-state index contributed by atoms with van der Waals surface area (Å²) in [6, 6.07) is 6.64. The maximum Gasteiger partial charge on any atom is 0.407 e. The van der Waals surface area contributed by atoms with Gasteiger partial charge in [0.2, 0.25) is 0 Å². The summed E-state index contributed by atoms with van der Waals surface area (Å²) >= 11 is 5.83. The molecule has 0 spiro atoms. The van der Waals surface area contributed by atoms with E-state index in [9.17, 15) is 9.59 Å². The lowest BCUT2D eigenvalue weighted by atomic mass is 10.2. The molecule has 1 aliphatic rings. The van der Waals surface area contributed by atoms with Crippen molar-refractivity contribution in [2.45, 2.75) is 12.5 Å². The van der Waals surface area contributed by atoms with Crippen LogP contribution in [-0.2, 0) is 0 Å². The SMILES string of the molecule is O=C(O)N1CC[C@@H](n2c(=O)n(-c3ccc(Cl)nc3)c3cccnc32)C1. The Morgan fingerprint density at radius 2 is 2.12 bits per heavy atom. The molecule has 25 heavy (non-hydrogen) atoms. The highest BCUT2D eigenvalue weighted by molar-refractivity contribution is 6.29. The van der Waals surface area contributed by atoms with Crippen LogP contribution in [0.1, 0.15) is 12.5 Å². The Morgan fingerprint density at radius 3 is 2.80 bits per heavy atom. The average Bonchev–Trinajstić information content (AvgIpc) is 3.18. The lowest BCUT2D eigenvalue weighted by Gasteiger charge is -2.13. The summed E-state index contributed by atoms with van der Waals surface area (Å²) in [4.78, 5) is 34.0. The second kappa shape index (κ2) is 5.89. The Kier molecular flexibility index (Phi) is 3.69. The highest BCUT2D eigenvalue weighted by Gasteiger charge is 2.31. The smallest absolute Gasteiger partial charge is 0.407 e. The maximum absolute atomic E-state index is 13.1. The monoisotopic (exact) mass is 359 g/mol. The number of hydrogen-bond donors (Lipinski definition) is 1. The van der Waals surface area contributed by atoms with Gasteiger partial charge in [0.1, 0.15) is 5.15 Å². The van der Waals surface area contributed by atoms with Crippen molar-refractivity contribution in [1.82, 2.24) is 24.0 Å². The fraction of sp³-hybridized carbons (Fsp3) is 0.250. The predicted octanol–water partition coefficient (Wildman–Crippen LogP) is 2.16. The van der Waals surface area contributed by atoms with Gasteiger partial charge in [0.15, 0.2) is 5.65 Å². The lowest BCUT2D eigenvalue weighted by Crippen LogP contribution is -2.31. The number of pyridine rings is 2. The second-order valence-corrected chi connectivity index (χ2v) is 6.23. The summed E-state index contributed by atoms with van der Waals surface area (Å²) in [5.41, 5.74) is 1.49. The van der Waals surface area contributed by atoms with Crippen molar-refractivity contribution >= 4 is 28.9 Å². The maximum atomic E-state index is 13.1. The molecule has 0 radical (unpaired) electrons. The number of halogens is 1. The fourth-order valence-electron chi connectivity index (χ4n) is 3.26. The summed E-state index contributed by atoms with van der Waals surface area (Å²) in [5.74, 6) is 0. The quantitative estimate of drug-likeness (QED) is 0.708. The summed E-state index contributed by atoms with van der Waals surface area (Å²) in [5, 5.41) is 9.51. The summed E-state index contributed by atoms with van der Waals surface area (Å²) < 4.78 is 3.10. The molecule has 128 valence electrons. The molecule has 4 heterocycles. The Balaban J connectivity index is 1.89. The van der Waals surface area contributed by atoms with Gasteiger partial charge >= 0.3 is 11.8 Å².